The van der Waals surface area contributed by atoms with Gasteiger partial charge in [-0.05, 0) is 59.4 Å². The van der Waals surface area contributed by atoms with Gasteiger partial charge in [-0.2, -0.15) is 0 Å². The van der Waals surface area contributed by atoms with Crippen LogP contribution < -0.4 is 10.5 Å². The number of hydrogen-bond donors (Lipinski definition) is 2. The maximum absolute atomic E-state index is 12.7. The number of nitrogens with one attached hydrogen (secondary N) is 1. The molecule has 3 N–H and O–H groups in total. The first-order valence-electron chi connectivity index (χ1n) is 7.26. The van der Waals surface area contributed by atoms with Crippen molar-refractivity contribution in [3.63, 3.8) is 0 Å². The van der Waals surface area contributed by atoms with Crippen molar-refractivity contribution in [2.45, 2.75) is 42.8 Å². The molecule has 2 heterocycles. The molecule has 3 rings (SSSR count). The third kappa shape index (κ3) is 3.03. The van der Waals surface area contributed by atoms with E-state index in [9.17, 15) is 8.42 Å². The molecule has 0 spiro atoms. The Morgan fingerprint density at radius 3 is 2.90 bits per heavy atom. The molecule has 2 aliphatic heterocycles. The van der Waals surface area contributed by atoms with Gasteiger partial charge in [-0.3, -0.25) is 4.90 Å². The molecule has 2 aliphatic rings. The molecule has 0 amide bonds. The van der Waals surface area contributed by atoms with Crippen molar-refractivity contribution < 1.29 is 8.42 Å². The number of sulfonamides is 1. The van der Waals surface area contributed by atoms with Crippen molar-refractivity contribution in [3.05, 3.63) is 28.2 Å². The van der Waals surface area contributed by atoms with E-state index in [2.05, 4.69) is 25.6 Å². The van der Waals surface area contributed by atoms with E-state index in [0.29, 0.717) is 17.1 Å². The first kappa shape index (κ1) is 15.4. The van der Waals surface area contributed by atoms with Crippen LogP contribution in [0.5, 0.6) is 0 Å². The van der Waals surface area contributed by atoms with Gasteiger partial charge in [0.15, 0.2) is 0 Å². The first-order valence-corrected chi connectivity index (χ1v) is 9.54. The van der Waals surface area contributed by atoms with Crippen molar-refractivity contribution in [3.8, 4) is 0 Å². The highest BCUT2D eigenvalue weighted by atomic mass is 79.9. The Balaban J connectivity index is 1.84. The molecule has 0 aliphatic carbocycles. The van der Waals surface area contributed by atoms with E-state index in [0.717, 1.165) is 37.9 Å². The molecule has 21 heavy (non-hydrogen) atoms. The minimum atomic E-state index is -3.52. The predicted octanol–water partition coefficient (Wildman–Crippen LogP) is 1.42. The minimum Gasteiger partial charge on any atom is -0.326 e. The summed E-state index contributed by atoms with van der Waals surface area (Å²) in [6.07, 6.45) is 3.13. The fourth-order valence-corrected chi connectivity index (χ4v) is 5.68. The summed E-state index contributed by atoms with van der Waals surface area (Å²) in [5.41, 5.74) is 6.42. The van der Waals surface area contributed by atoms with Gasteiger partial charge >= 0.3 is 0 Å². The summed E-state index contributed by atoms with van der Waals surface area (Å²) in [6, 6.07) is 5.60. The molecule has 0 bridgehead atoms. The average molecular weight is 374 g/mol. The highest BCUT2D eigenvalue weighted by Gasteiger charge is 2.39. The van der Waals surface area contributed by atoms with Gasteiger partial charge in [-0.25, -0.2) is 13.1 Å². The monoisotopic (exact) mass is 373 g/mol. The maximum Gasteiger partial charge on any atom is 0.242 e. The van der Waals surface area contributed by atoms with E-state index in [1.54, 1.807) is 12.1 Å². The zero-order valence-electron chi connectivity index (χ0n) is 11.8. The number of hydrogen-bond acceptors (Lipinski definition) is 4. The SMILES string of the molecule is NCc1ccc(Br)c(S(=O)(=O)NC2CCN3CCCC23)c1. The average Bonchev–Trinajstić information content (AvgIpc) is 3.04. The summed E-state index contributed by atoms with van der Waals surface area (Å²) in [4.78, 5) is 2.67. The lowest BCUT2D eigenvalue weighted by molar-refractivity contribution is 0.309. The summed E-state index contributed by atoms with van der Waals surface area (Å²) in [5, 5.41) is 0. The minimum absolute atomic E-state index is 0.0194. The standard InChI is InChI=1S/C14H20BrN3O2S/c15-11-4-3-10(9-16)8-14(11)21(19,20)17-12-5-7-18-6-1-2-13(12)18/h3-4,8,12-13,17H,1-2,5-7,9,16H2. The summed E-state index contributed by atoms with van der Waals surface area (Å²) in [6.45, 7) is 2.41. The van der Waals surface area contributed by atoms with Crippen molar-refractivity contribution in [1.29, 1.82) is 0 Å². The summed E-state index contributed by atoms with van der Waals surface area (Å²) in [5.74, 6) is 0. The van der Waals surface area contributed by atoms with Crippen LogP contribution in [0.1, 0.15) is 24.8 Å². The molecule has 2 atom stereocenters. The lowest BCUT2D eigenvalue weighted by Gasteiger charge is -2.21. The Hall–Kier alpha value is -0.470. The van der Waals surface area contributed by atoms with Crippen LogP contribution in [0, 0.1) is 0 Å². The maximum atomic E-state index is 12.7. The molecular weight excluding hydrogens is 354 g/mol. The second-order valence-corrected chi connectivity index (χ2v) is 8.27. The second kappa shape index (κ2) is 5.96. The largest absolute Gasteiger partial charge is 0.326 e. The van der Waals surface area contributed by atoms with Crippen molar-refractivity contribution in [1.82, 2.24) is 9.62 Å². The molecule has 5 nitrogen and oxygen atoms in total. The molecule has 0 radical (unpaired) electrons. The summed E-state index contributed by atoms with van der Waals surface area (Å²) >= 11 is 3.33. The quantitative estimate of drug-likeness (QED) is 0.836. The fourth-order valence-electron chi connectivity index (χ4n) is 3.36. The van der Waals surface area contributed by atoms with Gasteiger partial charge in [-0.1, -0.05) is 6.07 Å². The van der Waals surface area contributed by atoms with E-state index < -0.39 is 10.0 Å². The Labute approximate surface area is 134 Å². The molecule has 0 aromatic heterocycles. The van der Waals surface area contributed by atoms with Gasteiger partial charge in [0, 0.05) is 29.6 Å². The highest BCUT2D eigenvalue weighted by molar-refractivity contribution is 9.10. The van der Waals surface area contributed by atoms with Crippen molar-refractivity contribution in [2.75, 3.05) is 13.1 Å². The van der Waals surface area contributed by atoms with Crippen LogP contribution in [0.4, 0.5) is 0 Å². The van der Waals surface area contributed by atoms with Crippen LogP contribution in [0.25, 0.3) is 0 Å². The number of benzene rings is 1. The Kier molecular flexibility index (Phi) is 4.38. The predicted molar refractivity (Wildman–Crippen MR) is 85.4 cm³/mol. The van der Waals surface area contributed by atoms with Crippen molar-refractivity contribution in [2.24, 2.45) is 5.73 Å². The van der Waals surface area contributed by atoms with Crippen LogP contribution in [0.15, 0.2) is 27.6 Å². The van der Waals surface area contributed by atoms with E-state index in [1.165, 1.54) is 0 Å². The molecule has 2 unspecified atom stereocenters. The van der Waals surface area contributed by atoms with Gasteiger partial charge < -0.3 is 5.73 Å². The normalized spacial score (nSPS) is 26.2. The number of rotatable bonds is 4. The molecule has 1 aromatic rings. The molecule has 116 valence electrons. The van der Waals surface area contributed by atoms with E-state index in [4.69, 9.17) is 5.73 Å². The number of nitrogens with two attached hydrogens (primary N) is 1. The fraction of sp³-hybridized carbons (Fsp3) is 0.571. The summed E-state index contributed by atoms with van der Waals surface area (Å²) in [7, 11) is -3.52. The summed E-state index contributed by atoms with van der Waals surface area (Å²) < 4.78 is 28.8. The molecule has 2 fully saturated rings. The van der Waals surface area contributed by atoms with Crippen LogP contribution in [0.2, 0.25) is 0 Å². The van der Waals surface area contributed by atoms with Gasteiger partial charge in [-0.15, -0.1) is 0 Å². The zero-order valence-corrected chi connectivity index (χ0v) is 14.2. The Bertz CT molecular complexity index is 635. The number of halogens is 1. The number of fused-ring (bicyclic) bond motifs is 1. The van der Waals surface area contributed by atoms with Crippen LogP contribution in [0.3, 0.4) is 0 Å². The van der Waals surface area contributed by atoms with Crippen LogP contribution >= 0.6 is 15.9 Å². The molecule has 2 saturated heterocycles. The van der Waals surface area contributed by atoms with Gasteiger partial charge in [0.1, 0.15) is 0 Å². The number of nitrogens with zero attached hydrogens (tertiary/aromatic N) is 1. The lowest BCUT2D eigenvalue weighted by atomic mass is 10.1. The molecule has 7 heteroatoms. The third-order valence-corrected chi connectivity index (χ3v) is 6.92. The van der Waals surface area contributed by atoms with Gasteiger partial charge in [0.25, 0.3) is 0 Å². The topological polar surface area (TPSA) is 75.4 Å². The highest BCUT2D eigenvalue weighted by Crippen LogP contribution is 2.30. The van der Waals surface area contributed by atoms with Crippen LogP contribution in [-0.4, -0.2) is 38.5 Å². The lowest BCUT2D eigenvalue weighted by Crippen LogP contribution is -2.42. The molecular formula is C14H20BrN3O2S. The second-order valence-electron chi connectivity index (χ2n) is 5.73. The Morgan fingerprint density at radius 2 is 2.14 bits per heavy atom. The molecule has 0 saturated carbocycles. The van der Waals surface area contributed by atoms with Crippen molar-refractivity contribution >= 4 is 26.0 Å². The van der Waals surface area contributed by atoms with Gasteiger partial charge in [0.2, 0.25) is 10.0 Å². The van der Waals surface area contributed by atoms with Gasteiger partial charge in [0.05, 0.1) is 4.90 Å². The molecule has 1 aromatic carbocycles. The van der Waals surface area contributed by atoms with E-state index >= 15 is 0 Å². The van der Waals surface area contributed by atoms with Crippen LogP contribution in [-0.2, 0) is 16.6 Å². The van der Waals surface area contributed by atoms with E-state index in [1.807, 2.05) is 6.07 Å². The Morgan fingerprint density at radius 1 is 1.33 bits per heavy atom. The first-order chi connectivity index (χ1) is 10.0. The van der Waals surface area contributed by atoms with E-state index in [-0.39, 0.29) is 10.9 Å². The zero-order chi connectivity index (χ0) is 15.0. The third-order valence-electron chi connectivity index (χ3n) is 4.43. The smallest absolute Gasteiger partial charge is 0.242 e.